The summed E-state index contributed by atoms with van der Waals surface area (Å²) in [5.74, 6) is -1.59. The van der Waals surface area contributed by atoms with Crippen molar-refractivity contribution in [3.63, 3.8) is 0 Å². The molecule has 2 heterocycles. The molecule has 5 nitrogen and oxygen atoms in total. The van der Waals surface area contributed by atoms with Crippen LogP contribution in [0.5, 0.6) is 0 Å². The molecule has 0 fully saturated rings. The van der Waals surface area contributed by atoms with Crippen molar-refractivity contribution in [2.45, 2.75) is 19.3 Å². The summed E-state index contributed by atoms with van der Waals surface area (Å²) in [6, 6.07) is 0. The van der Waals surface area contributed by atoms with Gasteiger partial charge in [0, 0.05) is 19.6 Å². The molecule has 21 heavy (non-hydrogen) atoms. The van der Waals surface area contributed by atoms with E-state index in [9.17, 15) is 18.0 Å². The standard InChI is InChI=1S/C12H15F3N4O.U/c1-3-18(4-2)10(20)9-8-7-16-5-6-19(8)11(17-9)12(13,14)15;/h16H,1-7H2;/q-2;+2. The van der Waals surface area contributed by atoms with E-state index in [-0.39, 0.29) is 68.7 Å². The number of halogens is 3. The Labute approximate surface area is 144 Å². The van der Waals surface area contributed by atoms with Crippen LogP contribution < -0.4 is 5.32 Å². The number of imidazole rings is 1. The third-order valence-electron chi connectivity index (χ3n) is 3.16. The normalized spacial score (nSPS) is 14.3. The second kappa shape index (κ2) is 7.16. The van der Waals surface area contributed by atoms with Crippen LogP contribution in [-0.2, 0) is 19.3 Å². The van der Waals surface area contributed by atoms with Gasteiger partial charge in [-0.05, 0) is 0 Å². The monoisotopic (exact) mass is 526 g/mol. The summed E-state index contributed by atoms with van der Waals surface area (Å²) < 4.78 is 40.0. The van der Waals surface area contributed by atoms with Crippen LogP contribution in [0.1, 0.15) is 22.0 Å². The molecule has 9 heteroatoms. The van der Waals surface area contributed by atoms with Crippen molar-refractivity contribution in [3.05, 3.63) is 31.1 Å². The number of carbonyl (C=O) groups excluding carboxylic acids is 1. The molecule has 0 saturated carbocycles. The minimum atomic E-state index is -4.58. The first-order valence-corrected chi connectivity index (χ1v) is 6.15. The van der Waals surface area contributed by atoms with Crippen molar-refractivity contribution in [1.29, 1.82) is 0 Å². The van der Waals surface area contributed by atoms with Crippen molar-refractivity contribution in [3.8, 4) is 0 Å². The van der Waals surface area contributed by atoms with Gasteiger partial charge in [-0.3, -0.25) is 4.79 Å². The molecule has 0 radical (unpaired) electrons. The van der Waals surface area contributed by atoms with E-state index in [1.807, 2.05) is 0 Å². The number of hydrogen-bond donors (Lipinski definition) is 1. The van der Waals surface area contributed by atoms with Gasteiger partial charge in [-0.25, -0.2) is 4.98 Å². The first-order valence-electron chi connectivity index (χ1n) is 6.15. The summed E-state index contributed by atoms with van der Waals surface area (Å²) in [6.45, 7) is 8.12. The topological polar surface area (TPSA) is 50.2 Å². The van der Waals surface area contributed by atoms with Gasteiger partial charge in [0.05, 0.1) is 5.69 Å². The molecule has 0 atom stereocenters. The fourth-order valence-electron chi connectivity index (χ4n) is 2.16. The summed E-state index contributed by atoms with van der Waals surface area (Å²) in [6.07, 6.45) is -4.58. The van der Waals surface area contributed by atoms with Gasteiger partial charge < -0.3 is 28.6 Å². The number of nitrogens with one attached hydrogen (secondary N) is 1. The molecule has 1 aliphatic heterocycles. The second-order valence-corrected chi connectivity index (χ2v) is 4.35. The maximum absolute atomic E-state index is 13.0. The predicted molar refractivity (Wildman–Crippen MR) is 65.6 cm³/mol. The number of aromatic nitrogens is 2. The Balaban J connectivity index is 0.00000220. The number of fused-ring (bicyclic) bond motifs is 1. The molecule has 0 aliphatic carbocycles. The number of amides is 1. The molecule has 0 unspecified atom stereocenters. The molecule has 1 amide bonds. The van der Waals surface area contributed by atoms with Crippen molar-refractivity contribution in [2.75, 3.05) is 19.6 Å². The molecule has 0 aromatic carbocycles. The zero-order chi connectivity index (χ0) is 14.9. The Morgan fingerprint density at radius 2 is 2.00 bits per heavy atom. The van der Waals surface area contributed by atoms with Crippen LogP contribution in [-0.4, -0.2) is 40.0 Å². The average Bonchev–Trinajstić information content (AvgIpc) is 2.79. The zero-order valence-corrected chi connectivity index (χ0v) is 15.5. The van der Waals surface area contributed by atoms with Crippen LogP contribution in [0.15, 0.2) is 0 Å². The predicted octanol–water partition coefficient (Wildman–Crippen LogP) is 1.12. The number of hydrogen-bond acceptors (Lipinski definition) is 3. The van der Waals surface area contributed by atoms with E-state index in [1.54, 1.807) is 0 Å². The third-order valence-corrected chi connectivity index (χ3v) is 3.16. The summed E-state index contributed by atoms with van der Waals surface area (Å²) in [5, 5.41) is 2.95. The average molecular weight is 526 g/mol. The van der Waals surface area contributed by atoms with Crippen LogP contribution >= 0.6 is 0 Å². The largest absolute Gasteiger partial charge is 2.00 e. The molecule has 1 aromatic rings. The van der Waals surface area contributed by atoms with Crippen LogP contribution in [0.3, 0.4) is 0 Å². The second-order valence-electron chi connectivity index (χ2n) is 4.35. The van der Waals surface area contributed by atoms with E-state index in [1.165, 1.54) is 4.90 Å². The maximum Gasteiger partial charge on any atom is 2.00 e. The quantitative estimate of drug-likeness (QED) is 0.601. The maximum atomic E-state index is 13.0. The third kappa shape index (κ3) is 3.63. The number of rotatable bonds is 3. The molecular formula is C12H15F3N4OU. The molecule has 1 N–H and O–H groups in total. The van der Waals surface area contributed by atoms with E-state index in [0.29, 0.717) is 6.54 Å². The van der Waals surface area contributed by atoms with Gasteiger partial charge in [-0.1, -0.05) is 0 Å². The number of nitrogens with zero attached hydrogens (tertiary/aromatic N) is 3. The zero-order valence-electron chi connectivity index (χ0n) is 11.3. The van der Waals surface area contributed by atoms with Gasteiger partial charge in [0.15, 0.2) is 5.69 Å². The Kier molecular flexibility index (Phi) is 6.32. The van der Waals surface area contributed by atoms with Gasteiger partial charge in [-0.2, -0.15) is 13.2 Å². The van der Waals surface area contributed by atoms with Crippen LogP contribution in [0.4, 0.5) is 13.2 Å². The van der Waals surface area contributed by atoms with E-state index in [0.717, 1.165) is 4.57 Å². The summed E-state index contributed by atoms with van der Waals surface area (Å²) in [7, 11) is 0. The molecule has 2 rings (SSSR count). The summed E-state index contributed by atoms with van der Waals surface area (Å²) in [5.41, 5.74) is 0.0947. The molecule has 1 aliphatic rings. The van der Waals surface area contributed by atoms with Gasteiger partial charge in [-0.15, -0.1) is 13.1 Å². The minimum absolute atomic E-state index is 0. The molecular weight excluding hydrogens is 511 g/mol. The molecule has 0 spiro atoms. The Morgan fingerprint density at radius 1 is 1.38 bits per heavy atom. The minimum Gasteiger partial charge on any atom is -0.397 e. The first kappa shape index (κ1) is 18.5. The Bertz CT molecular complexity index is 511. The fourth-order valence-corrected chi connectivity index (χ4v) is 2.16. The smallest absolute Gasteiger partial charge is 0.397 e. The van der Waals surface area contributed by atoms with Gasteiger partial charge in [0.25, 0.3) is 5.91 Å². The van der Waals surface area contributed by atoms with Crippen LogP contribution in [0, 0.1) is 45.0 Å². The van der Waals surface area contributed by atoms with Crippen molar-refractivity contribution >= 4 is 5.91 Å². The first-order chi connectivity index (χ1) is 9.40. The van der Waals surface area contributed by atoms with Crippen molar-refractivity contribution in [2.24, 2.45) is 0 Å². The van der Waals surface area contributed by atoms with Gasteiger partial charge >= 0.3 is 37.3 Å². The molecule has 0 bridgehead atoms. The van der Waals surface area contributed by atoms with E-state index >= 15 is 0 Å². The van der Waals surface area contributed by atoms with Gasteiger partial charge in [0.1, 0.15) is 0 Å². The molecule has 0 saturated heterocycles. The Hall–Kier alpha value is -0.518. The summed E-state index contributed by atoms with van der Waals surface area (Å²) >= 11 is 0. The van der Waals surface area contributed by atoms with E-state index in [2.05, 4.69) is 24.1 Å². The van der Waals surface area contributed by atoms with E-state index < -0.39 is 17.9 Å². The van der Waals surface area contributed by atoms with E-state index in [4.69, 9.17) is 0 Å². The number of alkyl halides is 3. The van der Waals surface area contributed by atoms with Crippen LogP contribution in [0.2, 0.25) is 0 Å². The number of carbonyl (C=O) groups is 1. The SMILES string of the molecule is [CH2-]CN(C[CH2-])C(=O)c1nc(C(F)(F)F)n2c1CNCC2.[U+2]. The van der Waals surface area contributed by atoms with Gasteiger partial charge in [0.2, 0.25) is 5.82 Å². The molecule has 1 aromatic heterocycles. The van der Waals surface area contributed by atoms with Crippen molar-refractivity contribution < 1.29 is 49.1 Å². The van der Waals surface area contributed by atoms with Crippen LogP contribution in [0.25, 0.3) is 0 Å². The fraction of sp³-hybridized carbons (Fsp3) is 0.500. The molecule has 114 valence electrons. The Morgan fingerprint density at radius 3 is 2.52 bits per heavy atom. The summed E-state index contributed by atoms with van der Waals surface area (Å²) in [4.78, 5) is 17.0. The van der Waals surface area contributed by atoms with Crippen molar-refractivity contribution in [1.82, 2.24) is 19.8 Å².